The Kier molecular flexibility index (Phi) is 3.61. The first-order valence-electron chi connectivity index (χ1n) is 6.00. The normalized spacial score (nSPS) is 13.1. The molecule has 0 amide bonds. The van der Waals surface area contributed by atoms with Crippen LogP contribution in [0.15, 0.2) is 16.9 Å². The molecule has 0 spiro atoms. The van der Waals surface area contributed by atoms with Crippen LogP contribution in [-0.2, 0) is 0 Å². The molecule has 4 N–H and O–H groups in total. The van der Waals surface area contributed by atoms with Gasteiger partial charge < -0.3 is 11.1 Å². The molecule has 2 rings (SSSR count). The number of anilines is 1. The lowest BCUT2D eigenvalue weighted by Gasteiger charge is -2.14. The average Bonchev–Trinajstić information content (AvgIpc) is 2.68. The van der Waals surface area contributed by atoms with Gasteiger partial charge in [0.15, 0.2) is 5.65 Å². The van der Waals surface area contributed by atoms with E-state index in [-0.39, 0.29) is 11.7 Å². The molecule has 7 nitrogen and oxygen atoms in total. The van der Waals surface area contributed by atoms with Crippen molar-refractivity contribution in [1.82, 2.24) is 19.8 Å². The Balaban J connectivity index is 2.03. The summed E-state index contributed by atoms with van der Waals surface area (Å²) in [4.78, 5) is 11.3. The van der Waals surface area contributed by atoms with E-state index in [0.29, 0.717) is 23.9 Å². The minimum Gasteiger partial charge on any atom is -0.367 e. The first-order chi connectivity index (χ1) is 8.56. The molecule has 0 saturated heterocycles. The van der Waals surface area contributed by atoms with E-state index in [1.54, 1.807) is 12.1 Å². The van der Waals surface area contributed by atoms with Gasteiger partial charge in [-0.25, -0.2) is 9.89 Å². The van der Waals surface area contributed by atoms with Crippen LogP contribution < -0.4 is 16.7 Å². The number of aromatic amines is 1. The molecule has 1 atom stereocenters. The van der Waals surface area contributed by atoms with Gasteiger partial charge >= 0.3 is 5.69 Å². The van der Waals surface area contributed by atoms with Crippen LogP contribution in [0.25, 0.3) is 5.65 Å². The van der Waals surface area contributed by atoms with Gasteiger partial charge in [-0.05, 0) is 24.5 Å². The van der Waals surface area contributed by atoms with Crippen molar-refractivity contribution in [3.05, 3.63) is 22.6 Å². The molecule has 2 aromatic heterocycles. The van der Waals surface area contributed by atoms with E-state index in [1.807, 2.05) is 0 Å². The maximum atomic E-state index is 11.3. The van der Waals surface area contributed by atoms with E-state index >= 15 is 0 Å². The zero-order chi connectivity index (χ0) is 13.1. The molecule has 0 radical (unpaired) electrons. The number of rotatable bonds is 5. The zero-order valence-corrected chi connectivity index (χ0v) is 10.6. The van der Waals surface area contributed by atoms with E-state index in [9.17, 15) is 4.79 Å². The predicted molar refractivity (Wildman–Crippen MR) is 69.5 cm³/mol. The molecule has 0 aliphatic carbocycles. The number of hydrogen-bond donors (Lipinski definition) is 3. The average molecular weight is 250 g/mol. The summed E-state index contributed by atoms with van der Waals surface area (Å²) in [5, 5.41) is 13.4. The highest BCUT2D eigenvalue weighted by atomic mass is 16.2. The molecule has 2 heterocycles. The summed E-state index contributed by atoms with van der Waals surface area (Å²) in [5.41, 5.74) is 6.12. The highest BCUT2D eigenvalue weighted by molar-refractivity contribution is 5.42. The fourth-order valence-corrected chi connectivity index (χ4v) is 1.82. The fourth-order valence-electron chi connectivity index (χ4n) is 1.82. The molecule has 0 saturated carbocycles. The van der Waals surface area contributed by atoms with Crippen LogP contribution in [0, 0.1) is 5.92 Å². The van der Waals surface area contributed by atoms with Gasteiger partial charge in [0.05, 0.1) is 0 Å². The highest BCUT2D eigenvalue weighted by Gasteiger charge is 2.07. The van der Waals surface area contributed by atoms with Crippen molar-refractivity contribution in [3.8, 4) is 0 Å². The van der Waals surface area contributed by atoms with Crippen molar-refractivity contribution in [2.45, 2.75) is 26.3 Å². The number of fused-ring (bicyclic) bond motifs is 1. The number of nitrogens with zero attached hydrogens (tertiary/aromatic N) is 3. The standard InChI is InChI=1S/C11H18N6O/c1-7(2)5-8(12)6-13-9-3-4-10-14-15-11(18)17(10)16-9/h3-4,7-8H,5-6,12H2,1-2H3,(H,13,16)(H,15,18). The lowest BCUT2D eigenvalue weighted by molar-refractivity contribution is 0.508. The van der Waals surface area contributed by atoms with Gasteiger partial charge in [-0.15, -0.1) is 5.10 Å². The maximum Gasteiger partial charge on any atom is 0.364 e. The molecule has 7 heteroatoms. The largest absolute Gasteiger partial charge is 0.367 e. The minimum atomic E-state index is -0.347. The lowest BCUT2D eigenvalue weighted by Crippen LogP contribution is -2.31. The third kappa shape index (κ3) is 2.86. The fraction of sp³-hybridized carbons (Fsp3) is 0.545. The predicted octanol–water partition coefficient (Wildman–Crippen LogP) is 0.203. The van der Waals surface area contributed by atoms with E-state index in [4.69, 9.17) is 5.73 Å². The van der Waals surface area contributed by atoms with Crippen LogP contribution in [0.2, 0.25) is 0 Å². The maximum absolute atomic E-state index is 11.3. The quantitative estimate of drug-likeness (QED) is 0.704. The molecule has 0 aliphatic heterocycles. The van der Waals surface area contributed by atoms with Gasteiger partial charge in [-0.3, -0.25) is 0 Å². The summed E-state index contributed by atoms with van der Waals surface area (Å²) < 4.78 is 1.22. The number of nitrogens with one attached hydrogen (secondary N) is 2. The zero-order valence-electron chi connectivity index (χ0n) is 10.6. The summed E-state index contributed by atoms with van der Waals surface area (Å²) >= 11 is 0. The monoisotopic (exact) mass is 250 g/mol. The molecule has 0 aromatic carbocycles. The first kappa shape index (κ1) is 12.6. The van der Waals surface area contributed by atoms with Crippen molar-refractivity contribution < 1.29 is 0 Å². The Hall–Kier alpha value is -1.89. The Labute approximate surface area is 104 Å². The van der Waals surface area contributed by atoms with Crippen molar-refractivity contribution in [2.75, 3.05) is 11.9 Å². The van der Waals surface area contributed by atoms with E-state index in [0.717, 1.165) is 6.42 Å². The Morgan fingerprint density at radius 3 is 3.00 bits per heavy atom. The second kappa shape index (κ2) is 5.18. The highest BCUT2D eigenvalue weighted by Crippen LogP contribution is 2.06. The number of hydrogen-bond acceptors (Lipinski definition) is 5. The molecule has 0 bridgehead atoms. The molecule has 0 fully saturated rings. The van der Waals surface area contributed by atoms with Crippen LogP contribution in [0.3, 0.4) is 0 Å². The van der Waals surface area contributed by atoms with Crippen LogP contribution in [-0.4, -0.2) is 32.4 Å². The molecule has 18 heavy (non-hydrogen) atoms. The van der Waals surface area contributed by atoms with E-state index in [2.05, 4.69) is 34.5 Å². The van der Waals surface area contributed by atoms with Gasteiger partial charge in [0.25, 0.3) is 0 Å². The van der Waals surface area contributed by atoms with Crippen LogP contribution >= 0.6 is 0 Å². The SMILES string of the molecule is CC(C)CC(N)CNc1ccc2n[nH]c(=O)n2n1. The molecule has 2 aromatic rings. The topological polar surface area (TPSA) is 101 Å². The molecule has 0 aliphatic rings. The Morgan fingerprint density at radius 1 is 1.50 bits per heavy atom. The van der Waals surface area contributed by atoms with Gasteiger partial charge in [-0.2, -0.15) is 9.61 Å². The second-order valence-corrected chi connectivity index (χ2v) is 4.79. The molecular weight excluding hydrogens is 232 g/mol. The number of nitrogens with two attached hydrogens (primary N) is 1. The van der Waals surface area contributed by atoms with Crippen LogP contribution in [0.1, 0.15) is 20.3 Å². The lowest BCUT2D eigenvalue weighted by atomic mass is 10.0. The van der Waals surface area contributed by atoms with Crippen molar-refractivity contribution in [1.29, 1.82) is 0 Å². The van der Waals surface area contributed by atoms with Crippen molar-refractivity contribution in [2.24, 2.45) is 11.7 Å². The van der Waals surface area contributed by atoms with Crippen molar-refractivity contribution in [3.63, 3.8) is 0 Å². The number of H-pyrrole nitrogens is 1. The van der Waals surface area contributed by atoms with Gasteiger partial charge in [0.2, 0.25) is 0 Å². The van der Waals surface area contributed by atoms with Gasteiger partial charge in [0, 0.05) is 12.6 Å². The van der Waals surface area contributed by atoms with Gasteiger partial charge in [0.1, 0.15) is 5.82 Å². The summed E-state index contributed by atoms with van der Waals surface area (Å²) in [5.74, 6) is 1.18. The summed E-state index contributed by atoms with van der Waals surface area (Å²) in [7, 11) is 0. The summed E-state index contributed by atoms with van der Waals surface area (Å²) in [6.07, 6.45) is 0.945. The number of aromatic nitrogens is 4. The van der Waals surface area contributed by atoms with Gasteiger partial charge in [-0.1, -0.05) is 13.8 Å². The van der Waals surface area contributed by atoms with Crippen LogP contribution in [0.5, 0.6) is 0 Å². The van der Waals surface area contributed by atoms with E-state index < -0.39 is 0 Å². The van der Waals surface area contributed by atoms with E-state index in [1.165, 1.54) is 4.52 Å². The summed E-state index contributed by atoms with van der Waals surface area (Å²) in [6.45, 7) is 4.90. The van der Waals surface area contributed by atoms with Crippen molar-refractivity contribution >= 4 is 11.5 Å². The summed E-state index contributed by atoms with van der Waals surface area (Å²) in [6, 6.07) is 3.57. The van der Waals surface area contributed by atoms with Crippen LogP contribution in [0.4, 0.5) is 5.82 Å². The molecule has 1 unspecified atom stereocenters. The molecular formula is C11H18N6O. The smallest absolute Gasteiger partial charge is 0.364 e. The third-order valence-electron chi connectivity index (χ3n) is 2.59. The Bertz CT molecular complexity index is 572. The first-order valence-corrected chi connectivity index (χ1v) is 6.00. The second-order valence-electron chi connectivity index (χ2n) is 4.79. The third-order valence-corrected chi connectivity index (χ3v) is 2.59. The minimum absolute atomic E-state index is 0.0727. The molecule has 98 valence electrons. The Morgan fingerprint density at radius 2 is 2.28 bits per heavy atom.